The number of piperidine rings is 1. The lowest BCUT2D eigenvalue weighted by Crippen LogP contribution is -2.37. The third-order valence-electron chi connectivity index (χ3n) is 3.77. The average Bonchev–Trinajstić information content (AvgIpc) is 2.38. The Morgan fingerprint density at radius 2 is 2.00 bits per heavy atom. The van der Waals surface area contributed by atoms with Crippen LogP contribution in [0, 0.1) is 12.8 Å². The maximum absolute atomic E-state index is 5.99. The van der Waals surface area contributed by atoms with E-state index < -0.39 is 0 Å². The molecule has 18 heavy (non-hydrogen) atoms. The fourth-order valence-corrected chi connectivity index (χ4v) is 2.81. The first kappa shape index (κ1) is 13.6. The van der Waals surface area contributed by atoms with Crippen LogP contribution in [0.15, 0.2) is 0 Å². The highest BCUT2D eigenvalue weighted by atomic mass is 35.5. The second-order valence-corrected chi connectivity index (χ2v) is 5.24. The topological polar surface area (TPSA) is 55.0 Å². The van der Waals surface area contributed by atoms with Crippen molar-refractivity contribution in [2.45, 2.75) is 33.1 Å². The number of anilines is 1. The summed E-state index contributed by atoms with van der Waals surface area (Å²) >= 11 is 5.99. The molecule has 1 fully saturated rings. The van der Waals surface area contributed by atoms with Gasteiger partial charge in [0.1, 0.15) is 5.82 Å². The lowest BCUT2D eigenvalue weighted by Gasteiger charge is -2.33. The van der Waals surface area contributed by atoms with E-state index in [4.69, 9.17) is 17.3 Å². The first-order valence-corrected chi connectivity index (χ1v) is 7.01. The molecule has 100 valence electrons. The number of hydrogen-bond donors (Lipinski definition) is 1. The van der Waals surface area contributed by atoms with Gasteiger partial charge < -0.3 is 10.6 Å². The van der Waals surface area contributed by atoms with Gasteiger partial charge in [0.25, 0.3) is 0 Å². The van der Waals surface area contributed by atoms with Crippen molar-refractivity contribution < 1.29 is 0 Å². The van der Waals surface area contributed by atoms with Crippen molar-refractivity contribution in [3.63, 3.8) is 0 Å². The van der Waals surface area contributed by atoms with Crippen molar-refractivity contribution in [1.29, 1.82) is 0 Å². The molecule has 2 N–H and O–H groups in total. The van der Waals surface area contributed by atoms with Crippen molar-refractivity contribution in [1.82, 2.24) is 9.97 Å². The number of rotatable bonds is 3. The molecule has 0 aromatic carbocycles. The predicted octanol–water partition coefficient (Wildman–Crippen LogP) is 2.18. The van der Waals surface area contributed by atoms with Crippen LogP contribution >= 0.6 is 11.6 Å². The minimum atomic E-state index is 0.348. The average molecular weight is 269 g/mol. The number of aromatic nitrogens is 2. The summed E-state index contributed by atoms with van der Waals surface area (Å²) < 4.78 is 0. The zero-order valence-electron chi connectivity index (χ0n) is 11.1. The monoisotopic (exact) mass is 268 g/mol. The van der Waals surface area contributed by atoms with E-state index in [0.717, 1.165) is 50.4 Å². The molecule has 2 rings (SSSR count). The Kier molecular flexibility index (Phi) is 4.40. The molecule has 0 atom stereocenters. The standard InChI is InChI=1S/C13H21ClN4/c1-3-11-9(2)16-13(14)17-12(11)18-6-4-10(8-15)5-7-18/h10H,3-8,15H2,1-2H3. The van der Waals surface area contributed by atoms with Crippen LogP contribution in [-0.2, 0) is 6.42 Å². The minimum absolute atomic E-state index is 0.348. The molecule has 0 unspecified atom stereocenters. The first-order chi connectivity index (χ1) is 8.65. The van der Waals surface area contributed by atoms with E-state index >= 15 is 0 Å². The van der Waals surface area contributed by atoms with Gasteiger partial charge in [-0.25, -0.2) is 9.97 Å². The normalized spacial score (nSPS) is 17.2. The summed E-state index contributed by atoms with van der Waals surface area (Å²) in [6.45, 7) is 6.96. The molecule has 2 heterocycles. The van der Waals surface area contributed by atoms with Gasteiger partial charge in [-0.3, -0.25) is 0 Å². The van der Waals surface area contributed by atoms with Gasteiger partial charge in [0.2, 0.25) is 5.28 Å². The number of nitrogens with zero attached hydrogens (tertiary/aromatic N) is 3. The molecule has 0 spiro atoms. The van der Waals surface area contributed by atoms with Crippen molar-refractivity contribution in [3.8, 4) is 0 Å². The number of hydrogen-bond acceptors (Lipinski definition) is 4. The van der Waals surface area contributed by atoms with E-state index in [1.165, 1.54) is 5.56 Å². The Hall–Kier alpha value is -0.870. The van der Waals surface area contributed by atoms with Gasteiger partial charge in [0, 0.05) is 24.3 Å². The number of nitrogens with two attached hydrogens (primary N) is 1. The van der Waals surface area contributed by atoms with Gasteiger partial charge in [-0.2, -0.15) is 0 Å². The molecule has 0 saturated carbocycles. The van der Waals surface area contributed by atoms with Gasteiger partial charge >= 0.3 is 0 Å². The molecular formula is C13H21ClN4. The van der Waals surface area contributed by atoms with Crippen LogP contribution in [0.2, 0.25) is 5.28 Å². The first-order valence-electron chi connectivity index (χ1n) is 6.63. The minimum Gasteiger partial charge on any atom is -0.356 e. The lowest BCUT2D eigenvalue weighted by atomic mass is 9.96. The molecule has 0 amide bonds. The Bertz CT molecular complexity index is 414. The third kappa shape index (κ3) is 2.75. The van der Waals surface area contributed by atoms with Gasteiger partial charge in [0.05, 0.1) is 0 Å². The molecule has 1 aliphatic rings. The summed E-state index contributed by atoms with van der Waals surface area (Å²) in [7, 11) is 0. The van der Waals surface area contributed by atoms with Crippen molar-refractivity contribution in [2.24, 2.45) is 11.7 Å². The molecule has 0 radical (unpaired) electrons. The van der Waals surface area contributed by atoms with E-state index in [2.05, 4.69) is 21.8 Å². The van der Waals surface area contributed by atoms with Gasteiger partial charge in [0.15, 0.2) is 0 Å². The predicted molar refractivity (Wildman–Crippen MR) is 75.1 cm³/mol. The quantitative estimate of drug-likeness (QED) is 0.854. The summed E-state index contributed by atoms with van der Waals surface area (Å²) in [5.74, 6) is 1.68. The van der Waals surface area contributed by atoms with E-state index in [0.29, 0.717) is 11.2 Å². The molecule has 5 heteroatoms. The maximum Gasteiger partial charge on any atom is 0.224 e. The van der Waals surface area contributed by atoms with Crippen LogP contribution in [0.5, 0.6) is 0 Å². The van der Waals surface area contributed by atoms with Crippen molar-refractivity contribution in [2.75, 3.05) is 24.5 Å². The summed E-state index contributed by atoms with van der Waals surface area (Å²) in [6.07, 6.45) is 3.22. The van der Waals surface area contributed by atoms with Crippen LogP contribution in [0.25, 0.3) is 0 Å². The van der Waals surface area contributed by atoms with Crippen LogP contribution in [0.4, 0.5) is 5.82 Å². The van der Waals surface area contributed by atoms with E-state index in [1.54, 1.807) is 0 Å². The largest absolute Gasteiger partial charge is 0.356 e. The van der Waals surface area contributed by atoms with Crippen LogP contribution in [0.1, 0.15) is 31.0 Å². The van der Waals surface area contributed by atoms with Crippen LogP contribution in [-0.4, -0.2) is 29.6 Å². The number of aryl methyl sites for hydroxylation is 1. The van der Waals surface area contributed by atoms with E-state index in [1.807, 2.05) is 6.92 Å². The van der Waals surface area contributed by atoms with Crippen molar-refractivity contribution in [3.05, 3.63) is 16.5 Å². The highest BCUT2D eigenvalue weighted by molar-refractivity contribution is 6.28. The highest BCUT2D eigenvalue weighted by Crippen LogP contribution is 2.27. The Labute approximate surface area is 114 Å². The molecule has 0 bridgehead atoms. The number of halogens is 1. The maximum atomic E-state index is 5.99. The fourth-order valence-electron chi connectivity index (χ4n) is 2.60. The van der Waals surface area contributed by atoms with E-state index in [9.17, 15) is 0 Å². The zero-order valence-corrected chi connectivity index (χ0v) is 11.9. The van der Waals surface area contributed by atoms with Crippen LogP contribution in [0.3, 0.4) is 0 Å². The Morgan fingerprint density at radius 1 is 1.33 bits per heavy atom. The molecule has 1 aromatic rings. The molecule has 0 aliphatic carbocycles. The summed E-state index contributed by atoms with van der Waals surface area (Å²) in [5, 5.41) is 0.348. The Morgan fingerprint density at radius 3 is 2.56 bits per heavy atom. The second-order valence-electron chi connectivity index (χ2n) is 4.90. The third-order valence-corrected chi connectivity index (χ3v) is 3.93. The molecule has 1 saturated heterocycles. The molecular weight excluding hydrogens is 248 g/mol. The fraction of sp³-hybridized carbons (Fsp3) is 0.692. The van der Waals surface area contributed by atoms with E-state index in [-0.39, 0.29) is 0 Å². The Balaban J connectivity index is 2.23. The van der Waals surface area contributed by atoms with Gasteiger partial charge in [-0.05, 0) is 50.2 Å². The summed E-state index contributed by atoms with van der Waals surface area (Å²) in [6, 6.07) is 0. The summed E-state index contributed by atoms with van der Waals surface area (Å²) in [4.78, 5) is 11.0. The lowest BCUT2D eigenvalue weighted by molar-refractivity contribution is 0.412. The van der Waals surface area contributed by atoms with Gasteiger partial charge in [-0.15, -0.1) is 0 Å². The molecule has 4 nitrogen and oxygen atoms in total. The van der Waals surface area contributed by atoms with Gasteiger partial charge in [-0.1, -0.05) is 6.92 Å². The van der Waals surface area contributed by atoms with Crippen molar-refractivity contribution >= 4 is 17.4 Å². The highest BCUT2D eigenvalue weighted by Gasteiger charge is 2.22. The van der Waals surface area contributed by atoms with Crippen LogP contribution < -0.4 is 10.6 Å². The summed E-state index contributed by atoms with van der Waals surface area (Å²) in [5.41, 5.74) is 7.93. The zero-order chi connectivity index (χ0) is 13.1. The second kappa shape index (κ2) is 5.85. The SMILES string of the molecule is CCc1c(C)nc(Cl)nc1N1CCC(CN)CC1. The smallest absolute Gasteiger partial charge is 0.224 e. The molecule has 1 aliphatic heterocycles. The molecule has 1 aromatic heterocycles.